The Labute approximate surface area is 107 Å². The Morgan fingerprint density at radius 3 is 2.94 bits per heavy atom. The largest absolute Gasteiger partial charge is 0.492 e. The van der Waals surface area contributed by atoms with Crippen molar-refractivity contribution >= 4 is 5.97 Å². The maximum absolute atomic E-state index is 10.8. The van der Waals surface area contributed by atoms with Gasteiger partial charge in [-0.05, 0) is 44.0 Å². The van der Waals surface area contributed by atoms with Gasteiger partial charge in [0.2, 0.25) is 0 Å². The number of carboxylic acids is 1. The summed E-state index contributed by atoms with van der Waals surface area (Å²) in [5.74, 6) is 0.575. The van der Waals surface area contributed by atoms with Gasteiger partial charge in [0.1, 0.15) is 12.4 Å². The van der Waals surface area contributed by atoms with E-state index in [2.05, 4.69) is 11.9 Å². The van der Waals surface area contributed by atoms with Crippen molar-refractivity contribution in [3.8, 4) is 5.75 Å². The molecule has 0 spiro atoms. The molecule has 1 saturated carbocycles. The minimum Gasteiger partial charge on any atom is -0.492 e. The Morgan fingerprint density at radius 2 is 2.28 bits per heavy atom. The SMILES string of the molecule is CN(CCOc1cccc(C(=O)O)c1)CC1CC1. The molecule has 0 heterocycles. The van der Waals surface area contributed by atoms with Crippen molar-refractivity contribution in [2.45, 2.75) is 12.8 Å². The molecule has 0 saturated heterocycles. The Morgan fingerprint density at radius 1 is 1.50 bits per heavy atom. The van der Waals surface area contributed by atoms with Crippen molar-refractivity contribution in [2.75, 3.05) is 26.7 Å². The second kappa shape index (κ2) is 5.87. The van der Waals surface area contributed by atoms with Crippen LogP contribution in [0.25, 0.3) is 0 Å². The van der Waals surface area contributed by atoms with E-state index in [-0.39, 0.29) is 5.56 Å². The molecule has 1 aliphatic carbocycles. The first-order chi connectivity index (χ1) is 8.65. The number of carboxylic acid groups (broad SMARTS) is 1. The van der Waals surface area contributed by atoms with E-state index in [1.165, 1.54) is 12.8 Å². The fourth-order valence-electron chi connectivity index (χ4n) is 1.87. The molecule has 4 heteroatoms. The van der Waals surface area contributed by atoms with Crippen molar-refractivity contribution in [1.29, 1.82) is 0 Å². The monoisotopic (exact) mass is 249 g/mol. The van der Waals surface area contributed by atoms with E-state index < -0.39 is 5.97 Å². The normalized spacial score (nSPS) is 14.8. The molecule has 0 atom stereocenters. The molecule has 0 aromatic heterocycles. The summed E-state index contributed by atoms with van der Waals surface area (Å²) in [7, 11) is 2.09. The number of aromatic carboxylic acids is 1. The molecule has 0 bridgehead atoms. The van der Waals surface area contributed by atoms with Crippen LogP contribution in [0.2, 0.25) is 0 Å². The van der Waals surface area contributed by atoms with Crippen LogP contribution in [0, 0.1) is 5.92 Å². The molecule has 0 unspecified atom stereocenters. The highest BCUT2D eigenvalue weighted by molar-refractivity contribution is 5.87. The molecule has 18 heavy (non-hydrogen) atoms. The van der Waals surface area contributed by atoms with E-state index in [9.17, 15) is 4.79 Å². The fourth-order valence-corrected chi connectivity index (χ4v) is 1.87. The fraction of sp³-hybridized carbons (Fsp3) is 0.500. The van der Waals surface area contributed by atoms with Crippen LogP contribution in [0.3, 0.4) is 0 Å². The van der Waals surface area contributed by atoms with E-state index in [1.54, 1.807) is 24.3 Å². The first-order valence-electron chi connectivity index (χ1n) is 6.30. The van der Waals surface area contributed by atoms with Crippen LogP contribution in [0.4, 0.5) is 0 Å². The van der Waals surface area contributed by atoms with Gasteiger partial charge in [0.05, 0.1) is 5.56 Å². The van der Waals surface area contributed by atoms with Gasteiger partial charge in [-0.3, -0.25) is 0 Å². The molecule has 1 aromatic rings. The Hall–Kier alpha value is -1.55. The summed E-state index contributed by atoms with van der Waals surface area (Å²) < 4.78 is 5.56. The van der Waals surface area contributed by atoms with E-state index in [0.29, 0.717) is 12.4 Å². The first kappa shape index (κ1) is 12.9. The van der Waals surface area contributed by atoms with Crippen LogP contribution >= 0.6 is 0 Å². The quantitative estimate of drug-likeness (QED) is 0.804. The van der Waals surface area contributed by atoms with Crippen molar-refractivity contribution in [3.63, 3.8) is 0 Å². The predicted octanol–water partition coefficient (Wildman–Crippen LogP) is 2.11. The minimum absolute atomic E-state index is 0.263. The van der Waals surface area contributed by atoms with Crippen LogP contribution in [0.1, 0.15) is 23.2 Å². The minimum atomic E-state index is -0.925. The topological polar surface area (TPSA) is 49.8 Å². The number of carbonyl (C=O) groups is 1. The lowest BCUT2D eigenvalue weighted by molar-refractivity contribution is 0.0696. The number of rotatable bonds is 7. The maximum atomic E-state index is 10.8. The number of hydrogen-bond acceptors (Lipinski definition) is 3. The number of ether oxygens (including phenoxy) is 1. The highest BCUT2D eigenvalue weighted by atomic mass is 16.5. The lowest BCUT2D eigenvalue weighted by Crippen LogP contribution is -2.26. The van der Waals surface area contributed by atoms with Gasteiger partial charge in [-0.1, -0.05) is 6.07 Å². The summed E-state index contributed by atoms with van der Waals surface area (Å²) in [5.41, 5.74) is 0.263. The number of nitrogens with zero attached hydrogens (tertiary/aromatic N) is 1. The predicted molar refractivity (Wildman–Crippen MR) is 69.1 cm³/mol. The molecule has 1 fully saturated rings. The lowest BCUT2D eigenvalue weighted by atomic mass is 10.2. The Kier molecular flexibility index (Phi) is 4.20. The number of likely N-dealkylation sites (N-methyl/N-ethyl adjacent to an activating group) is 1. The highest BCUT2D eigenvalue weighted by Crippen LogP contribution is 2.29. The zero-order chi connectivity index (χ0) is 13.0. The number of hydrogen-bond donors (Lipinski definition) is 1. The van der Waals surface area contributed by atoms with Gasteiger partial charge >= 0.3 is 5.97 Å². The van der Waals surface area contributed by atoms with Gasteiger partial charge in [0, 0.05) is 13.1 Å². The van der Waals surface area contributed by atoms with Crippen molar-refractivity contribution < 1.29 is 14.6 Å². The molecule has 1 aliphatic rings. The summed E-state index contributed by atoms with van der Waals surface area (Å²) in [6.45, 7) is 2.60. The van der Waals surface area contributed by atoms with Gasteiger partial charge in [-0.2, -0.15) is 0 Å². The lowest BCUT2D eigenvalue weighted by Gasteiger charge is -2.16. The van der Waals surface area contributed by atoms with Crippen LogP contribution in [0.5, 0.6) is 5.75 Å². The van der Waals surface area contributed by atoms with Crippen molar-refractivity contribution in [3.05, 3.63) is 29.8 Å². The van der Waals surface area contributed by atoms with Crippen LogP contribution in [-0.4, -0.2) is 42.7 Å². The molecule has 0 radical (unpaired) electrons. The Balaban J connectivity index is 1.75. The smallest absolute Gasteiger partial charge is 0.335 e. The van der Waals surface area contributed by atoms with Crippen LogP contribution in [-0.2, 0) is 0 Å². The summed E-state index contributed by atoms with van der Waals surface area (Å²) in [6, 6.07) is 6.61. The average molecular weight is 249 g/mol. The summed E-state index contributed by atoms with van der Waals surface area (Å²) in [4.78, 5) is 13.1. The number of benzene rings is 1. The molecular weight excluding hydrogens is 230 g/mol. The van der Waals surface area contributed by atoms with E-state index in [4.69, 9.17) is 9.84 Å². The first-order valence-corrected chi connectivity index (χ1v) is 6.30. The van der Waals surface area contributed by atoms with E-state index in [1.807, 2.05) is 0 Å². The van der Waals surface area contributed by atoms with Gasteiger partial charge in [-0.25, -0.2) is 4.79 Å². The Bertz CT molecular complexity index is 415. The molecule has 2 rings (SSSR count). The molecule has 98 valence electrons. The van der Waals surface area contributed by atoms with Crippen LogP contribution in [0.15, 0.2) is 24.3 Å². The summed E-state index contributed by atoms with van der Waals surface area (Å²) in [5, 5.41) is 8.87. The van der Waals surface area contributed by atoms with Gasteiger partial charge < -0.3 is 14.7 Å². The third-order valence-corrected chi connectivity index (χ3v) is 3.09. The van der Waals surface area contributed by atoms with Crippen molar-refractivity contribution in [2.24, 2.45) is 5.92 Å². The summed E-state index contributed by atoms with van der Waals surface area (Å²) in [6.07, 6.45) is 2.71. The third-order valence-electron chi connectivity index (χ3n) is 3.09. The van der Waals surface area contributed by atoms with Gasteiger partial charge in [-0.15, -0.1) is 0 Å². The maximum Gasteiger partial charge on any atom is 0.335 e. The molecular formula is C14H19NO3. The highest BCUT2D eigenvalue weighted by Gasteiger charge is 2.22. The van der Waals surface area contributed by atoms with Gasteiger partial charge in [0.25, 0.3) is 0 Å². The zero-order valence-electron chi connectivity index (χ0n) is 10.6. The van der Waals surface area contributed by atoms with Crippen molar-refractivity contribution in [1.82, 2.24) is 4.90 Å². The van der Waals surface area contributed by atoms with E-state index >= 15 is 0 Å². The second-order valence-electron chi connectivity index (χ2n) is 4.89. The molecule has 0 aliphatic heterocycles. The second-order valence-corrected chi connectivity index (χ2v) is 4.89. The van der Waals surface area contributed by atoms with Gasteiger partial charge in [0.15, 0.2) is 0 Å². The van der Waals surface area contributed by atoms with Crippen LogP contribution < -0.4 is 4.74 Å². The van der Waals surface area contributed by atoms with E-state index in [0.717, 1.165) is 19.0 Å². The third kappa shape index (κ3) is 4.04. The average Bonchev–Trinajstić information content (AvgIpc) is 3.13. The zero-order valence-corrected chi connectivity index (χ0v) is 10.6. The molecule has 1 aromatic carbocycles. The summed E-state index contributed by atoms with van der Waals surface area (Å²) >= 11 is 0. The molecule has 4 nitrogen and oxygen atoms in total. The molecule has 1 N–H and O–H groups in total. The molecule has 0 amide bonds. The standard InChI is InChI=1S/C14H19NO3/c1-15(10-11-5-6-11)7-8-18-13-4-2-3-12(9-13)14(16)17/h2-4,9,11H,5-8,10H2,1H3,(H,16,17).